The van der Waals surface area contributed by atoms with Gasteiger partial charge in [0, 0.05) is 11.6 Å². The molecule has 0 N–H and O–H groups in total. The summed E-state index contributed by atoms with van der Waals surface area (Å²) in [6.45, 7) is 2.75. The van der Waals surface area contributed by atoms with Crippen LogP contribution in [0, 0.1) is 12.3 Å². The van der Waals surface area contributed by atoms with Gasteiger partial charge in [-0.15, -0.1) is 0 Å². The predicted octanol–water partition coefficient (Wildman–Crippen LogP) is 2.48. The number of thiol groups is 1. The molecule has 1 saturated carbocycles. The molecule has 0 saturated heterocycles. The first-order valence-electron chi connectivity index (χ1n) is 4.91. The molecule has 0 bridgehead atoms. The van der Waals surface area contributed by atoms with Gasteiger partial charge in [0.2, 0.25) is 0 Å². The summed E-state index contributed by atoms with van der Waals surface area (Å²) < 4.78 is 5.74. The summed E-state index contributed by atoms with van der Waals surface area (Å²) in [5, 5.41) is 0. The number of aryl methyl sites for hydroxylation is 1. The topological polar surface area (TPSA) is 22.1 Å². The summed E-state index contributed by atoms with van der Waals surface area (Å²) in [5.41, 5.74) is 1.31. The smallest absolute Gasteiger partial charge is 0.140 e. The fraction of sp³-hybridized carbons (Fsp3) is 0.545. The van der Waals surface area contributed by atoms with E-state index in [1.165, 1.54) is 12.8 Å². The molecule has 1 aromatic rings. The Morgan fingerprint density at radius 2 is 2.36 bits per heavy atom. The maximum Gasteiger partial charge on any atom is 0.140 e. The van der Waals surface area contributed by atoms with E-state index in [1.807, 2.05) is 19.1 Å². The quantitative estimate of drug-likeness (QED) is 0.770. The molecule has 0 aliphatic heterocycles. The van der Waals surface area contributed by atoms with E-state index in [9.17, 15) is 0 Å². The van der Waals surface area contributed by atoms with Gasteiger partial charge in [0.05, 0.1) is 12.3 Å². The van der Waals surface area contributed by atoms with Crippen molar-refractivity contribution in [1.29, 1.82) is 0 Å². The van der Waals surface area contributed by atoms with Gasteiger partial charge >= 0.3 is 0 Å². The Morgan fingerprint density at radius 3 is 2.93 bits per heavy atom. The van der Waals surface area contributed by atoms with Gasteiger partial charge in [0.1, 0.15) is 5.75 Å². The van der Waals surface area contributed by atoms with Gasteiger partial charge in [-0.25, -0.2) is 0 Å². The molecule has 2 rings (SSSR count). The molecule has 3 heteroatoms. The Balaban J connectivity index is 1.95. The molecule has 0 aromatic carbocycles. The highest BCUT2D eigenvalue weighted by Gasteiger charge is 2.42. The summed E-state index contributed by atoms with van der Waals surface area (Å²) >= 11 is 4.34. The van der Waals surface area contributed by atoms with Crippen LogP contribution in [-0.4, -0.2) is 17.3 Å². The lowest BCUT2D eigenvalue weighted by Crippen LogP contribution is -2.15. The zero-order valence-corrected chi connectivity index (χ0v) is 9.26. The van der Waals surface area contributed by atoms with Gasteiger partial charge < -0.3 is 4.74 Å². The minimum atomic E-state index is 0.353. The van der Waals surface area contributed by atoms with Crippen molar-refractivity contribution in [2.75, 3.05) is 12.4 Å². The number of rotatable bonds is 4. The molecule has 1 aliphatic carbocycles. The lowest BCUT2D eigenvalue weighted by atomic mass is 10.2. The second kappa shape index (κ2) is 3.81. The predicted molar refractivity (Wildman–Crippen MR) is 60.0 cm³/mol. The molecule has 0 spiro atoms. The molecule has 0 amide bonds. The molecule has 2 nitrogen and oxygen atoms in total. The summed E-state index contributed by atoms with van der Waals surface area (Å²) in [5.74, 6) is 1.83. The number of hydrogen-bond donors (Lipinski definition) is 1. The summed E-state index contributed by atoms with van der Waals surface area (Å²) in [4.78, 5) is 4.18. The molecule has 1 fully saturated rings. The van der Waals surface area contributed by atoms with E-state index >= 15 is 0 Å². The van der Waals surface area contributed by atoms with Gasteiger partial charge in [-0.05, 0) is 37.7 Å². The number of aromatic nitrogens is 1. The highest BCUT2D eigenvalue weighted by Crippen LogP contribution is 2.46. The second-order valence-electron chi connectivity index (χ2n) is 4.03. The number of pyridine rings is 1. The third-order valence-corrected chi connectivity index (χ3v) is 3.46. The molecule has 0 atom stereocenters. The normalized spacial score (nSPS) is 17.9. The molecular weight excluding hydrogens is 194 g/mol. The molecule has 0 unspecified atom stereocenters. The van der Waals surface area contributed by atoms with E-state index in [-0.39, 0.29) is 0 Å². The molecule has 76 valence electrons. The van der Waals surface area contributed by atoms with Crippen LogP contribution >= 0.6 is 12.6 Å². The minimum Gasteiger partial charge on any atom is -0.491 e. The van der Waals surface area contributed by atoms with Crippen molar-refractivity contribution in [3.63, 3.8) is 0 Å². The SMILES string of the molecule is Cc1ncccc1OCC1(CS)CC1. The van der Waals surface area contributed by atoms with E-state index in [0.29, 0.717) is 5.41 Å². The van der Waals surface area contributed by atoms with E-state index < -0.39 is 0 Å². The van der Waals surface area contributed by atoms with Crippen LogP contribution in [0.5, 0.6) is 5.75 Å². The van der Waals surface area contributed by atoms with E-state index in [4.69, 9.17) is 4.74 Å². The first-order chi connectivity index (χ1) is 6.76. The maximum absolute atomic E-state index is 5.74. The van der Waals surface area contributed by atoms with Crippen molar-refractivity contribution in [3.05, 3.63) is 24.0 Å². The molecular formula is C11H15NOS. The van der Waals surface area contributed by atoms with Gasteiger partial charge in [-0.1, -0.05) is 0 Å². The molecule has 1 aliphatic rings. The fourth-order valence-corrected chi connectivity index (χ4v) is 1.79. The fourth-order valence-electron chi connectivity index (χ4n) is 1.38. The zero-order valence-electron chi connectivity index (χ0n) is 8.36. The van der Waals surface area contributed by atoms with Crippen LogP contribution in [0.4, 0.5) is 0 Å². The highest BCUT2D eigenvalue weighted by molar-refractivity contribution is 7.80. The Kier molecular flexibility index (Phi) is 2.68. The largest absolute Gasteiger partial charge is 0.491 e. The number of ether oxygens (including phenoxy) is 1. The van der Waals surface area contributed by atoms with Crippen LogP contribution < -0.4 is 4.74 Å². The van der Waals surface area contributed by atoms with Gasteiger partial charge in [0.25, 0.3) is 0 Å². The van der Waals surface area contributed by atoms with Crippen LogP contribution in [0.25, 0.3) is 0 Å². The summed E-state index contributed by atoms with van der Waals surface area (Å²) in [6, 6.07) is 3.87. The lowest BCUT2D eigenvalue weighted by Gasteiger charge is -2.14. The zero-order chi connectivity index (χ0) is 10.0. The van der Waals surface area contributed by atoms with Crippen LogP contribution in [0.3, 0.4) is 0 Å². The van der Waals surface area contributed by atoms with Crippen molar-refractivity contribution in [2.45, 2.75) is 19.8 Å². The van der Waals surface area contributed by atoms with E-state index in [0.717, 1.165) is 23.8 Å². The van der Waals surface area contributed by atoms with Crippen LogP contribution in [0.15, 0.2) is 18.3 Å². The summed E-state index contributed by atoms with van der Waals surface area (Å²) in [7, 11) is 0. The average Bonchev–Trinajstić information content (AvgIpc) is 2.98. The molecule has 1 heterocycles. The standard InChI is InChI=1S/C11H15NOS/c1-9-10(3-2-6-12-9)13-7-11(8-14)4-5-11/h2-3,6,14H,4-5,7-8H2,1H3. The lowest BCUT2D eigenvalue weighted by molar-refractivity contribution is 0.248. The minimum absolute atomic E-state index is 0.353. The van der Waals surface area contributed by atoms with E-state index in [1.54, 1.807) is 6.20 Å². The van der Waals surface area contributed by atoms with Gasteiger partial charge in [0.15, 0.2) is 0 Å². The first kappa shape index (κ1) is 9.84. The van der Waals surface area contributed by atoms with Crippen LogP contribution in [0.1, 0.15) is 18.5 Å². The Morgan fingerprint density at radius 1 is 1.57 bits per heavy atom. The van der Waals surface area contributed by atoms with Crippen molar-refractivity contribution in [1.82, 2.24) is 4.98 Å². The van der Waals surface area contributed by atoms with Crippen molar-refractivity contribution < 1.29 is 4.74 Å². The van der Waals surface area contributed by atoms with E-state index in [2.05, 4.69) is 17.6 Å². The summed E-state index contributed by atoms with van der Waals surface area (Å²) in [6.07, 6.45) is 4.28. The second-order valence-corrected chi connectivity index (χ2v) is 4.35. The first-order valence-corrected chi connectivity index (χ1v) is 5.54. The average molecular weight is 209 g/mol. The number of nitrogens with zero attached hydrogens (tertiary/aromatic N) is 1. The Labute approximate surface area is 90.1 Å². The number of hydrogen-bond acceptors (Lipinski definition) is 3. The molecule has 1 aromatic heterocycles. The van der Waals surface area contributed by atoms with Crippen molar-refractivity contribution in [2.24, 2.45) is 5.41 Å². The molecule has 14 heavy (non-hydrogen) atoms. The monoisotopic (exact) mass is 209 g/mol. The maximum atomic E-state index is 5.74. The van der Waals surface area contributed by atoms with Crippen LogP contribution in [0.2, 0.25) is 0 Å². The van der Waals surface area contributed by atoms with Crippen LogP contribution in [-0.2, 0) is 0 Å². The van der Waals surface area contributed by atoms with Gasteiger partial charge in [-0.3, -0.25) is 4.98 Å². The highest BCUT2D eigenvalue weighted by atomic mass is 32.1. The Bertz CT molecular complexity index is 323. The van der Waals surface area contributed by atoms with Crippen molar-refractivity contribution >= 4 is 12.6 Å². The third-order valence-electron chi connectivity index (χ3n) is 2.78. The van der Waals surface area contributed by atoms with Crippen molar-refractivity contribution in [3.8, 4) is 5.75 Å². The third kappa shape index (κ3) is 2.03. The Hall–Kier alpha value is -0.700. The molecule has 0 radical (unpaired) electrons. The van der Waals surface area contributed by atoms with Gasteiger partial charge in [-0.2, -0.15) is 12.6 Å².